The van der Waals surface area contributed by atoms with Crippen molar-refractivity contribution in [3.63, 3.8) is 0 Å². The molecule has 0 bridgehead atoms. The van der Waals surface area contributed by atoms with Gasteiger partial charge in [-0.25, -0.2) is 4.99 Å². The predicted molar refractivity (Wildman–Crippen MR) is 73.4 cm³/mol. The van der Waals surface area contributed by atoms with Crippen LogP contribution in [0.5, 0.6) is 11.5 Å². The molecule has 0 amide bonds. The Kier molecular flexibility index (Phi) is 3.20. The van der Waals surface area contributed by atoms with Gasteiger partial charge in [0.2, 0.25) is 0 Å². The first-order valence-corrected chi connectivity index (χ1v) is 5.57. The number of nitrogens with two attached hydrogens (primary N) is 1. The summed E-state index contributed by atoms with van der Waals surface area (Å²) in [6.45, 7) is 1.70. The van der Waals surface area contributed by atoms with Gasteiger partial charge in [0.05, 0.1) is 30.0 Å². The van der Waals surface area contributed by atoms with E-state index in [2.05, 4.69) is 4.99 Å². The van der Waals surface area contributed by atoms with Gasteiger partial charge in [0.25, 0.3) is 0 Å². The lowest BCUT2D eigenvalue weighted by molar-refractivity contribution is 0.411. The Morgan fingerprint density at radius 2 is 2.28 bits per heavy atom. The molecule has 0 aliphatic rings. The Bertz CT molecular complexity index is 646. The maximum absolute atomic E-state index is 10.0. The van der Waals surface area contributed by atoms with Crippen LogP contribution < -0.4 is 10.5 Å². The van der Waals surface area contributed by atoms with E-state index in [1.165, 1.54) is 19.4 Å². The van der Waals surface area contributed by atoms with Crippen LogP contribution in [0.1, 0.15) is 12.5 Å². The third-order valence-corrected chi connectivity index (χ3v) is 2.63. The third kappa shape index (κ3) is 2.02. The molecule has 18 heavy (non-hydrogen) atoms. The summed E-state index contributed by atoms with van der Waals surface area (Å²) in [6.07, 6.45) is 1.52. The Labute approximate surface area is 109 Å². The highest BCUT2D eigenvalue weighted by Gasteiger charge is 2.18. The van der Waals surface area contributed by atoms with Crippen molar-refractivity contribution in [2.24, 2.45) is 10.7 Å². The summed E-state index contributed by atoms with van der Waals surface area (Å²) < 4.78 is 10.5. The highest BCUT2D eigenvalue weighted by atomic mass is 32.1. The third-order valence-electron chi connectivity index (χ3n) is 2.53. The summed E-state index contributed by atoms with van der Waals surface area (Å²) in [5, 5.41) is 10.8. The first-order chi connectivity index (χ1) is 8.54. The van der Waals surface area contributed by atoms with Gasteiger partial charge in [-0.15, -0.1) is 0 Å². The van der Waals surface area contributed by atoms with E-state index in [0.29, 0.717) is 22.6 Å². The average molecular weight is 264 g/mol. The lowest BCUT2D eigenvalue weighted by Crippen LogP contribution is -2.09. The smallest absolute Gasteiger partial charge is 0.190 e. The van der Waals surface area contributed by atoms with Crippen LogP contribution in [0.15, 0.2) is 27.8 Å². The summed E-state index contributed by atoms with van der Waals surface area (Å²) in [4.78, 5) is 3.96. The minimum Gasteiger partial charge on any atom is -0.507 e. The molecule has 6 heteroatoms. The molecule has 94 valence electrons. The number of phenols is 1. The Morgan fingerprint density at radius 3 is 2.89 bits per heavy atom. The lowest BCUT2D eigenvalue weighted by Gasteiger charge is -2.11. The first kappa shape index (κ1) is 12.4. The number of hydrogen-bond acceptors (Lipinski definition) is 4. The SMILES string of the molecule is COc1c(C(C)=NC(N)=S)c(O)cc2occc12. The molecule has 1 aromatic heterocycles. The van der Waals surface area contributed by atoms with E-state index >= 15 is 0 Å². The number of benzene rings is 1. The standard InChI is InChI=1S/C12H12N2O3S/c1-6(14-12(13)18)10-8(15)5-9-7(3-4-17-9)11(10)16-2/h3-5,15H,1-2H3,(H2,13,18). The molecule has 0 aliphatic heterocycles. The molecule has 0 atom stereocenters. The molecule has 0 aliphatic carbocycles. The molecule has 2 rings (SSSR count). The second-order valence-corrected chi connectivity index (χ2v) is 4.09. The number of hydrogen-bond donors (Lipinski definition) is 2. The van der Waals surface area contributed by atoms with Crippen molar-refractivity contribution in [1.29, 1.82) is 0 Å². The minimum absolute atomic E-state index is 0.00115. The molecule has 0 fully saturated rings. The van der Waals surface area contributed by atoms with Gasteiger partial charge in [-0.1, -0.05) is 0 Å². The van der Waals surface area contributed by atoms with Crippen molar-refractivity contribution in [2.45, 2.75) is 6.92 Å². The van der Waals surface area contributed by atoms with Crippen LogP contribution in [0.2, 0.25) is 0 Å². The van der Waals surface area contributed by atoms with Crippen LogP contribution in [0.4, 0.5) is 0 Å². The fourth-order valence-electron chi connectivity index (χ4n) is 1.85. The number of rotatable bonds is 2. The summed E-state index contributed by atoms with van der Waals surface area (Å²) in [5.41, 5.74) is 6.85. The van der Waals surface area contributed by atoms with E-state index < -0.39 is 0 Å². The molecule has 5 nitrogen and oxygen atoms in total. The molecule has 0 saturated carbocycles. The van der Waals surface area contributed by atoms with Gasteiger partial charge in [-0.3, -0.25) is 0 Å². The fourth-order valence-corrected chi connectivity index (χ4v) is 1.99. The average Bonchev–Trinajstić information content (AvgIpc) is 2.73. The topological polar surface area (TPSA) is 81.0 Å². The van der Waals surface area contributed by atoms with Gasteiger partial charge >= 0.3 is 0 Å². The van der Waals surface area contributed by atoms with Crippen LogP contribution in [0, 0.1) is 0 Å². The molecule has 3 N–H and O–H groups in total. The highest BCUT2D eigenvalue weighted by Crippen LogP contribution is 2.37. The van der Waals surface area contributed by atoms with Crippen molar-refractivity contribution < 1.29 is 14.3 Å². The Morgan fingerprint density at radius 1 is 1.56 bits per heavy atom. The van der Waals surface area contributed by atoms with Crippen LogP contribution in [-0.2, 0) is 0 Å². The van der Waals surface area contributed by atoms with Gasteiger partial charge in [0.1, 0.15) is 17.1 Å². The van der Waals surface area contributed by atoms with Gasteiger partial charge in [-0.05, 0) is 25.2 Å². The first-order valence-electron chi connectivity index (χ1n) is 5.17. The van der Waals surface area contributed by atoms with Crippen molar-refractivity contribution >= 4 is 34.0 Å². The van der Waals surface area contributed by atoms with Gasteiger partial charge < -0.3 is 20.0 Å². The van der Waals surface area contributed by atoms with Gasteiger partial charge in [0.15, 0.2) is 5.11 Å². The lowest BCUT2D eigenvalue weighted by atomic mass is 10.1. The number of fused-ring (bicyclic) bond motifs is 1. The molecule has 1 heterocycles. The number of ether oxygens (including phenoxy) is 1. The molecule has 0 unspecified atom stereocenters. The highest BCUT2D eigenvalue weighted by molar-refractivity contribution is 7.80. The largest absolute Gasteiger partial charge is 0.507 e. The maximum atomic E-state index is 10.0. The van der Waals surface area contributed by atoms with Crippen molar-refractivity contribution in [1.82, 2.24) is 0 Å². The fraction of sp³-hybridized carbons (Fsp3) is 0.167. The Hall–Kier alpha value is -2.08. The number of phenolic OH excluding ortho intramolecular Hbond substituents is 1. The molecular weight excluding hydrogens is 252 g/mol. The van der Waals surface area contributed by atoms with Crippen molar-refractivity contribution in [3.8, 4) is 11.5 Å². The minimum atomic E-state index is 0.00115. The van der Waals surface area contributed by atoms with E-state index in [9.17, 15) is 5.11 Å². The molecule has 0 saturated heterocycles. The van der Waals surface area contributed by atoms with Gasteiger partial charge in [-0.2, -0.15) is 0 Å². The molecule has 0 radical (unpaired) electrons. The molecule has 1 aromatic carbocycles. The zero-order valence-electron chi connectivity index (χ0n) is 9.93. The Balaban J connectivity index is 2.76. The number of thiocarbonyl (C=S) groups is 1. The zero-order valence-corrected chi connectivity index (χ0v) is 10.7. The number of aliphatic imine (C=N–C) groups is 1. The number of furan rings is 1. The van der Waals surface area contributed by atoms with E-state index in [4.69, 9.17) is 27.1 Å². The van der Waals surface area contributed by atoms with Crippen LogP contribution in [-0.4, -0.2) is 23.0 Å². The number of nitrogens with zero attached hydrogens (tertiary/aromatic N) is 1. The number of aromatic hydroxyl groups is 1. The molecule has 0 spiro atoms. The van der Waals surface area contributed by atoms with Crippen LogP contribution in [0.3, 0.4) is 0 Å². The summed E-state index contributed by atoms with van der Waals surface area (Å²) in [5.74, 6) is 0.489. The van der Waals surface area contributed by atoms with E-state index in [1.807, 2.05) is 0 Å². The van der Waals surface area contributed by atoms with Crippen molar-refractivity contribution in [3.05, 3.63) is 24.0 Å². The van der Waals surface area contributed by atoms with E-state index in [-0.39, 0.29) is 10.9 Å². The second kappa shape index (κ2) is 4.66. The molecular formula is C12H12N2O3S. The summed E-state index contributed by atoms with van der Waals surface area (Å²) in [7, 11) is 1.51. The van der Waals surface area contributed by atoms with Crippen molar-refractivity contribution in [2.75, 3.05) is 7.11 Å². The van der Waals surface area contributed by atoms with Crippen LogP contribution in [0.25, 0.3) is 11.0 Å². The molecule has 2 aromatic rings. The zero-order chi connectivity index (χ0) is 13.3. The summed E-state index contributed by atoms with van der Waals surface area (Å²) in [6, 6.07) is 3.26. The van der Waals surface area contributed by atoms with Gasteiger partial charge in [0, 0.05) is 6.07 Å². The monoisotopic (exact) mass is 264 g/mol. The van der Waals surface area contributed by atoms with E-state index in [1.54, 1.807) is 13.0 Å². The van der Waals surface area contributed by atoms with Crippen LogP contribution >= 0.6 is 12.2 Å². The quantitative estimate of drug-likeness (QED) is 0.642. The second-order valence-electron chi connectivity index (χ2n) is 3.67. The predicted octanol–water partition coefficient (Wildman–Crippen LogP) is 2.20. The van der Waals surface area contributed by atoms with E-state index in [0.717, 1.165) is 5.39 Å². The summed E-state index contributed by atoms with van der Waals surface area (Å²) >= 11 is 4.72. The maximum Gasteiger partial charge on any atom is 0.190 e. The normalized spacial score (nSPS) is 11.8. The number of methoxy groups -OCH3 is 1.